The van der Waals surface area contributed by atoms with Crippen molar-refractivity contribution in [2.45, 2.75) is 26.4 Å². The second kappa shape index (κ2) is 5.90. The summed E-state index contributed by atoms with van der Waals surface area (Å²) in [6.07, 6.45) is 0.0119. The van der Waals surface area contributed by atoms with Gasteiger partial charge in [0.05, 0.1) is 6.07 Å². The van der Waals surface area contributed by atoms with Crippen LogP contribution in [0.15, 0.2) is 24.3 Å². The van der Waals surface area contributed by atoms with E-state index in [0.29, 0.717) is 12.1 Å². The first-order valence-corrected chi connectivity index (χ1v) is 5.54. The van der Waals surface area contributed by atoms with E-state index in [1.54, 1.807) is 26.0 Å². The topological polar surface area (TPSA) is 76.1 Å². The van der Waals surface area contributed by atoms with Gasteiger partial charge >= 0.3 is 5.97 Å². The minimum atomic E-state index is -0.706. The van der Waals surface area contributed by atoms with Gasteiger partial charge in [-0.1, -0.05) is 25.1 Å². The monoisotopic (exact) mass is 232 g/mol. The van der Waals surface area contributed by atoms with Gasteiger partial charge in [0.15, 0.2) is 0 Å². The summed E-state index contributed by atoms with van der Waals surface area (Å²) >= 11 is 0. The van der Waals surface area contributed by atoms with E-state index in [1.807, 2.05) is 18.2 Å². The Morgan fingerprint density at radius 3 is 2.71 bits per heavy atom. The highest BCUT2D eigenvalue weighted by Gasteiger charge is 2.21. The van der Waals surface area contributed by atoms with Crippen LogP contribution < -0.4 is 5.73 Å². The number of carbonyl (C=O) groups is 1. The largest absolute Gasteiger partial charge is 0.457 e. The zero-order valence-electron chi connectivity index (χ0n) is 10.0. The lowest BCUT2D eigenvalue weighted by Gasteiger charge is -2.16. The number of esters is 1. The molecule has 0 fully saturated rings. The molecule has 17 heavy (non-hydrogen) atoms. The molecule has 2 atom stereocenters. The van der Waals surface area contributed by atoms with Crippen LogP contribution in [0.5, 0.6) is 0 Å². The number of benzene rings is 1. The van der Waals surface area contributed by atoms with Crippen LogP contribution >= 0.6 is 0 Å². The van der Waals surface area contributed by atoms with Gasteiger partial charge in [-0.25, -0.2) is 0 Å². The molecule has 0 aliphatic heterocycles. The van der Waals surface area contributed by atoms with Crippen LogP contribution in [0.2, 0.25) is 0 Å². The van der Waals surface area contributed by atoms with Crippen LogP contribution in [0, 0.1) is 17.2 Å². The Morgan fingerprint density at radius 2 is 2.18 bits per heavy atom. The molecule has 0 amide bonds. The summed E-state index contributed by atoms with van der Waals surface area (Å²) in [5.41, 5.74) is 7.12. The number of nitrogens with zero attached hydrogens (tertiary/aromatic N) is 1. The van der Waals surface area contributed by atoms with E-state index in [0.717, 1.165) is 5.56 Å². The van der Waals surface area contributed by atoms with Gasteiger partial charge in [-0.15, -0.1) is 0 Å². The first kappa shape index (κ1) is 13.0. The van der Waals surface area contributed by atoms with Crippen molar-refractivity contribution < 1.29 is 9.53 Å². The van der Waals surface area contributed by atoms with Gasteiger partial charge in [0.25, 0.3) is 0 Å². The average Bonchev–Trinajstić information content (AvgIpc) is 2.31. The fraction of sp³-hybridized carbons (Fsp3) is 0.385. The summed E-state index contributed by atoms with van der Waals surface area (Å²) in [5.74, 6) is -1.20. The van der Waals surface area contributed by atoms with E-state index < -0.39 is 18.0 Å². The highest BCUT2D eigenvalue weighted by atomic mass is 16.5. The van der Waals surface area contributed by atoms with Crippen molar-refractivity contribution in [1.82, 2.24) is 0 Å². The number of hydrogen-bond donors (Lipinski definition) is 1. The first-order chi connectivity index (χ1) is 8.10. The van der Waals surface area contributed by atoms with Gasteiger partial charge in [-0.05, 0) is 19.4 Å². The predicted octanol–water partition coefficient (Wildman–Crippen LogP) is 2.42. The number of ether oxygens (including phenoxy) is 1. The van der Waals surface area contributed by atoms with Crippen LogP contribution in [-0.2, 0) is 9.53 Å². The van der Waals surface area contributed by atoms with E-state index in [9.17, 15) is 4.79 Å². The second-order valence-electron chi connectivity index (χ2n) is 3.80. The third-order valence-corrected chi connectivity index (χ3v) is 2.58. The molecule has 0 heterocycles. The highest BCUT2D eigenvalue weighted by Crippen LogP contribution is 2.24. The SMILES string of the molecule is CCC(C#N)C(=O)OC(C)c1ccccc1N. The van der Waals surface area contributed by atoms with Crippen molar-refractivity contribution in [1.29, 1.82) is 5.26 Å². The standard InChI is InChI=1S/C13H16N2O2/c1-3-10(8-14)13(16)17-9(2)11-6-4-5-7-12(11)15/h4-7,9-10H,3,15H2,1-2H3. The van der Waals surface area contributed by atoms with Crippen molar-refractivity contribution in [2.24, 2.45) is 5.92 Å². The summed E-state index contributed by atoms with van der Waals surface area (Å²) in [4.78, 5) is 11.6. The Labute approximate surface area is 101 Å². The van der Waals surface area contributed by atoms with Crippen molar-refractivity contribution in [3.8, 4) is 6.07 Å². The molecule has 0 bridgehead atoms. The molecule has 1 rings (SSSR count). The van der Waals surface area contributed by atoms with Crippen molar-refractivity contribution in [3.05, 3.63) is 29.8 Å². The maximum absolute atomic E-state index is 11.6. The molecular weight excluding hydrogens is 216 g/mol. The molecule has 1 aromatic carbocycles. The van der Waals surface area contributed by atoms with Crippen LogP contribution in [0.4, 0.5) is 5.69 Å². The minimum Gasteiger partial charge on any atom is -0.457 e. The number of para-hydroxylation sites is 1. The molecule has 4 nitrogen and oxygen atoms in total. The van der Waals surface area contributed by atoms with Crippen molar-refractivity contribution >= 4 is 11.7 Å². The van der Waals surface area contributed by atoms with E-state index in [-0.39, 0.29) is 0 Å². The quantitative estimate of drug-likeness (QED) is 0.639. The van der Waals surface area contributed by atoms with Crippen LogP contribution in [0.25, 0.3) is 0 Å². The average molecular weight is 232 g/mol. The van der Waals surface area contributed by atoms with E-state index in [4.69, 9.17) is 15.7 Å². The molecule has 0 radical (unpaired) electrons. The van der Waals surface area contributed by atoms with Gasteiger partial charge in [0.1, 0.15) is 12.0 Å². The third-order valence-electron chi connectivity index (χ3n) is 2.58. The molecule has 0 saturated carbocycles. The molecule has 90 valence electrons. The minimum absolute atomic E-state index is 0.439. The van der Waals surface area contributed by atoms with E-state index in [2.05, 4.69) is 0 Å². The lowest BCUT2D eigenvalue weighted by molar-refractivity contribution is -0.151. The molecule has 0 saturated heterocycles. The molecule has 0 aliphatic carbocycles. The van der Waals surface area contributed by atoms with Crippen LogP contribution in [-0.4, -0.2) is 5.97 Å². The van der Waals surface area contributed by atoms with E-state index in [1.165, 1.54) is 0 Å². The zero-order chi connectivity index (χ0) is 12.8. The van der Waals surface area contributed by atoms with Crippen LogP contribution in [0.3, 0.4) is 0 Å². The maximum Gasteiger partial charge on any atom is 0.323 e. The van der Waals surface area contributed by atoms with Gasteiger partial charge in [0.2, 0.25) is 0 Å². The Balaban J connectivity index is 2.74. The normalized spacial score (nSPS) is 13.5. The molecule has 0 aromatic heterocycles. The number of rotatable bonds is 4. The fourth-order valence-corrected chi connectivity index (χ4v) is 1.51. The molecule has 0 aliphatic rings. The van der Waals surface area contributed by atoms with Crippen molar-refractivity contribution in [2.75, 3.05) is 5.73 Å². The predicted molar refractivity (Wildman–Crippen MR) is 64.8 cm³/mol. The second-order valence-corrected chi connectivity index (χ2v) is 3.80. The number of anilines is 1. The molecule has 2 unspecified atom stereocenters. The summed E-state index contributed by atoms with van der Waals surface area (Å²) < 4.78 is 5.22. The smallest absolute Gasteiger partial charge is 0.323 e. The number of nitrogen functional groups attached to an aromatic ring is 1. The molecule has 2 N–H and O–H groups in total. The van der Waals surface area contributed by atoms with Gasteiger partial charge in [0, 0.05) is 11.3 Å². The van der Waals surface area contributed by atoms with Crippen molar-refractivity contribution in [3.63, 3.8) is 0 Å². The zero-order valence-corrected chi connectivity index (χ0v) is 10.0. The lowest BCUT2D eigenvalue weighted by atomic mass is 10.1. The first-order valence-electron chi connectivity index (χ1n) is 5.54. The van der Waals surface area contributed by atoms with Crippen LogP contribution in [0.1, 0.15) is 31.9 Å². The lowest BCUT2D eigenvalue weighted by Crippen LogP contribution is -2.18. The van der Waals surface area contributed by atoms with Gasteiger partial charge in [-0.2, -0.15) is 5.26 Å². The van der Waals surface area contributed by atoms with Gasteiger partial charge in [-0.3, -0.25) is 4.79 Å². The van der Waals surface area contributed by atoms with Gasteiger partial charge < -0.3 is 10.5 Å². The molecular formula is C13H16N2O2. The fourth-order valence-electron chi connectivity index (χ4n) is 1.51. The summed E-state index contributed by atoms with van der Waals surface area (Å²) in [6.45, 7) is 3.52. The Kier molecular flexibility index (Phi) is 4.53. The Bertz CT molecular complexity index is 437. The highest BCUT2D eigenvalue weighted by molar-refractivity contribution is 5.75. The number of nitriles is 1. The summed E-state index contributed by atoms with van der Waals surface area (Å²) in [7, 11) is 0. The Morgan fingerprint density at radius 1 is 1.53 bits per heavy atom. The third kappa shape index (κ3) is 3.22. The number of carbonyl (C=O) groups excluding carboxylic acids is 1. The maximum atomic E-state index is 11.6. The number of nitrogens with two attached hydrogens (primary N) is 1. The summed E-state index contributed by atoms with van der Waals surface area (Å²) in [5, 5.41) is 8.76. The molecule has 1 aromatic rings. The number of hydrogen-bond acceptors (Lipinski definition) is 4. The summed E-state index contributed by atoms with van der Waals surface area (Å²) in [6, 6.07) is 9.12. The molecule has 4 heteroatoms. The van der Waals surface area contributed by atoms with E-state index >= 15 is 0 Å². The molecule has 0 spiro atoms. The Hall–Kier alpha value is -2.02.